The Kier molecular flexibility index (Phi) is 7.23. The summed E-state index contributed by atoms with van der Waals surface area (Å²) in [5, 5.41) is 7.60. The molecule has 2 aromatic rings. The van der Waals surface area contributed by atoms with Crippen LogP contribution in [0.4, 0.5) is 0 Å². The van der Waals surface area contributed by atoms with E-state index in [1.807, 2.05) is 41.6 Å². The SMILES string of the molecule is COC(=O)[C@H]1C[C@@H](OC)CN1CC(=O)NCc1c(C)nn(Cc2ccccc2)c1C. The van der Waals surface area contributed by atoms with Gasteiger partial charge in [0.1, 0.15) is 6.04 Å². The minimum absolute atomic E-state index is 0.0809. The number of rotatable bonds is 8. The number of hydrogen-bond donors (Lipinski definition) is 1. The number of benzene rings is 1. The molecular weight excluding hydrogens is 384 g/mol. The van der Waals surface area contributed by atoms with Crippen molar-refractivity contribution < 1.29 is 19.1 Å². The van der Waals surface area contributed by atoms with E-state index in [9.17, 15) is 9.59 Å². The van der Waals surface area contributed by atoms with Crippen molar-refractivity contribution in [2.45, 2.75) is 45.5 Å². The maximum absolute atomic E-state index is 12.6. The molecule has 1 aliphatic rings. The highest BCUT2D eigenvalue weighted by Crippen LogP contribution is 2.21. The molecule has 2 heterocycles. The average molecular weight is 415 g/mol. The van der Waals surface area contributed by atoms with Gasteiger partial charge < -0.3 is 14.8 Å². The van der Waals surface area contributed by atoms with Gasteiger partial charge in [-0.1, -0.05) is 30.3 Å². The summed E-state index contributed by atoms with van der Waals surface area (Å²) in [5.41, 5.74) is 4.12. The summed E-state index contributed by atoms with van der Waals surface area (Å²) < 4.78 is 12.2. The largest absolute Gasteiger partial charge is 0.468 e. The standard InChI is InChI=1S/C22H30N4O4/c1-15-19(16(2)26(24-15)12-17-8-6-5-7-9-17)11-23-21(27)14-25-13-18(29-3)10-20(25)22(28)30-4/h5-9,18,20H,10-14H2,1-4H3,(H,23,27)/t18-,20-/m1/s1. The van der Waals surface area contributed by atoms with Gasteiger partial charge in [-0.25, -0.2) is 0 Å². The number of esters is 1. The molecule has 1 aromatic carbocycles. The van der Waals surface area contributed by atoms with Crippen LogP contribution < -0.4 is 5.32 Å². The summed E-state index contributed by atoms with van der Waals surface area (Å²) in [4.78, 5) is 26.4. The molecule has 162 valence electrons. The molecule has 1 aromatic heterocycles. The van der Waals surface area contributed by atoms with Crippen LogP contribution in [0.1, 0.15) is 28.9 Å². The zero-order chi connectivity index (χ0) is 21.7. The Morgan fingerprint density at radius 2 is 1.93 bits per heavy atom. The topological polar surface area (TPSA) is 85.7 Å². The van der Waals surface area contributed by atoms with Crippen LogP contribution in [0.15, 0.2) is 30.3 Å². The molecule has 0 spiro atoms. The first-order valence-electron chi connectivity index (χ1n) is 10.1. The lowest BCUT2D eigenvalue weighted by atomic mass is 10.2. The molecule has 2 atom stereocenters. The van der Waals surface area contributed by atoms with Crippen molar-refractivity contribution >= 4 is 11.9 Å². The number of carbonyl (C=O) groups excluding carboxylic acids is 2. The van der Waals surface area contributed by atoms with Gasteiger partial charge in [0.15, 0.2) is 0 Å². The minimum atomic E-state index is -0.456. The van der Waals surface area contributed by atoms with Gasteiger partial charge in [-0.2, -0.15) is 5.10 Å². The molecule has 1 aliphatic heterocycles. The Hall–Kier alpha value is -2.71. The van der Waals surface area contributed by atoms with E-state index >= 15 is 0 Å². The quantitative estimate of drug-likeness (QED) is 0.658. The Morgan fingerprint density at radius 1 is 1.20 bits per heavy atom. The van der Waals surface area contributed by atoms with E-state index in [0.717, 1.165) is 17.0 Å². The third-order valence-corrected chi connectivity index (χ3v) is 5.69. The fourth-order valence-corrected chi connectivity index (χ4v) is 3.92. The van der Waals surface area contributed by atoms with Crippen molar-refractivity contribution in [3.63, 3.8) is 0 Å². The summed E-state index contributed by atoms with van der Waals surface area (Å²) in [6, 6.07) is 9.69. The lowest BCUT2D eigenvalue weighted by Gasteiger charge is -2.21. The number of ether oxygens (including phenoxy) is 2. The summed E-state index contributed by atoms with van der Waals surface area (Å²) in [5.74, 6) is -0.480. The van der Waals surface area contributed by atoms with Crippen LogP contribution in [-0.4, -0.2) is 66.0 Å². The Bertz CT molecular complexity index is 881. The number of nitrogens with zero attached hydrogens (tertiary/aromatic N) is 3. The summed E-state index contributed by atoms with van der Waals surface area (Å²) in [6.45, 7) is 5.70. The zero-order valence-electron chi connectivity index (χ0n) is 18.1. The van der Waals surface area contributed by atoms with Crippen LogP contribution >= 0.6 is 0 Å². The first-order chi connectivity index (χ1) is 14.4. The zero-order valence-corrected chi connectivity index (χ0v) is 18.1. The molecule has 8 heteroatoms. The maximum atomic E-state index is 12.6. The van der Waals surface area contributed by atoms with Crippen molar-refractivity contribution in [2.75, 3.05) is 27.3 Å². The van der Waals surface area contributed by atoms with Crippen LogP contribution in [-0.2, 0) is 32.2 Å². The fraction of sp³-hybridized carbons (Fsp3) is 0.500. The first-order valence-corrected chi connectivity index (χ1v) is 10.1. The summed E-state index contributed by atoms with van der Waals surface area (Å²) in [6.07, 6.45) is 0.448. The Labute approximate surface area is 177 Å². The predicted octanol–water partition coefficient (Wildman–Crippen LogP) is 1.43. The van der Waals surface area contributed by atoms with Gasteiger partial charge in [0, 0.05) is 37.9 Å². The third-order valence-electron chi connectivity index (χ3n) is 5.69. The Balaban J connectivity index is 1.60. The van der Waals surface area contributed by atoms with Gasteiger partial charge in [-0.3, -0.25) is 19.2 Å². The highest BCUT2D eigenvalue weighted by molar-refractivity contribution is 5.81. The number of hydrogen-bond acceptors (Lipinski definition) is 6. The van der Waals surface area contributed by atoms with Crippen LogP contribution in [0.5, 0.6) is 0 Å². The highest BCUT2D eigenvalue weighted by Gasteiger charge is 2.38. The molecular formula is C22H30N4O4. The Morgan fingerprint density at radius 3 is 2.60 bits per heavy atom. The van der Waals surface area contributed by atoms with Gasteiger partial charge in [0.05, 0.1) is 32.0 Å². The van der Waals surface area contributed by atoms with Crippen LogP contribution in [0.2, 0.25) is 0 Å². The van der Waals surface area contributed by atoms with Gasteiger partial charge in [0.25, 0.3) is 0 Å². The lowest BCUT2D eigenvalue weighted by Crippen LogP contribution is -2.43. The minimum Gasteiger partial charge on any atom is -0.468 e. The second-order valence-electron chi connectivity index (χ2n) is 7.63. The van der Waals surface area contributed by atoms with Gasteiger partial charge in [-0.15, -0.1) is 0 Å². The first kappa shape index (κ1) is 22.0. The number of amides is 1. The number of likely N-dealkylation sites (tertiary alicyclic amines) is 1. The number of nitrogens with one attached hydrogen (secondary N) is 1. The van der Waals surface area contributed by atoms with Crippen molar-refractivity contribution in [3.8, 4) is 0 Å². The molecule has 1 fully saturated rings. The lowest BCUT2D eigenvalue weighted by molar-refractivity contribution is -0.146. The molecule has 3 rings (SSSR count). The number of aromatic nitrogens is 2. The highest BCUT2D eigenvalue weighted by atomic mass is 16.5. The third kappa shape index (κ3) is 5.06. The maximum Gasteiger partial charge on any atom is 0.323 e. The molecule has 0 radical (unpaired) electrons. The van der Waals surface area contributed by atoms with Gasteiger partial charge in [0.2, 0.25) is 5.91 Å². The van der Waals surface area contributed by atoms with Gasteiger partial charge in [-0.05, 0) is 19.4 Å². The predicted molar refractivity (Wildman–Crippen MR) is 112 cm³/mol. The molecule has 0 unspecified atom stereocenters. The second-order valence-corrected chi connectivity index (χ2v) is 7.63. The molecule has 1 amide bonds. The number of methoxy groups -OCH3 is 2. The van der Waals surface area contributed by atoms with Crippen LogP contribution in [0.3, 0.4) is 0 Å². The van der Waals surface area contributed by atoms with Crippen molar-refractivity contribution in [3.05, 3.63) is 52.8 Å². The molecule has 0 bridgehead atoms. The van der Waals surface area contributed by atoms with Crippen molar-refractivity contribution in [1.82, 2.24) is 20.0 Å². The van der Waals surface area contributed by atoms with E-state index in [1.54, 1.807) is 7.11 Å². The van der Waals surface area contributed by atoms with Crippen molar-refractivity contribution in [2.24, 2.45) is 0 Å². The van der Waals surface area contributed by atoms with E-state index in [4.69, 9.17) is 9.47 Å². The molecule has 1 saturated heterocycles. The van der Waals surface area contributed by atoms with Crippen molar-refractivity contribution in [1.29, 1.82) is 0 Å². The fourth-order valence-electron chi connectivity index (χ4n) is 3.92. The summed E-state index contributed by atoms with van der Waals surface area (Å²) in [7, 11) is 2.97. The van der Waals surface area contributed by atoms with E-state index in [1.165, 1.54) is 12.7 Å². The molecule has 0 aliphatic carbocycles. The second kappa shape index (κ2) is 9.86. The van der Waals surface area contributed by atoms with Crippen LogP contribution in [0.25, 0.3) is 0 Å². The normalized spacial score (nSPS) is 19.1. The monoisotopic (exact) mass is 414 g/mol. The molecule has 8 nitrogen and oxygen atoms in total. The molecule has 1 N–H and O–H groups in total. The molecule has 0 saturated carbocycles. The number of carbonyl (C=O) groups is 2. The van der Waals surface area contributed by atoms with Crippen LogP contribution in [0, 0.1) is 13.8 Å². The van der Waals surface area contributed by atoms with E-state index in [2.05, 4.69) is 22.5 Å². The van der Waals surface area contributed by atoms with Gasteiger partial charge >= 0.3 is 5.97 Å². The van der Waals surface area contributed by atoms with E-state index in [0.29, 0.717) is 26.1 Å². The summed E-state index contributed by atoms with van der Waals surface area (Å²) >= 11 is 0. The molecule has 30 heavy (non-hydrogen) atoms. The van der Waals surface area contributed by atoms with E-state index in [-0.39, 0.29) is 24.5 Å². The average Bonchev–Trinajstić information content (AvgIpc) is 3.27. The smallest absolute Gasteiger partial charge is 0.323 e. The van der Waals surface area contributed by atoms with E-state index < -0.39 is 6.04 Å². The number of aryl methyl sites for hydroxylation is 1.